The molecular weight excluding hydrogens is 520 g/mol. The summed E-state index contributed by atoms with van der Waals surface area (Å²) in [5.74, 6) is 0.163. The van der Waals surface area contributed by atoms with Crippen molar-refractivity contribution in [3.63, 3.8) is 0 Å². The molecule has 2 atom stereocenters. The van der Waals surface area contributed by atoms with Gasteiger partial charge in [-0.1, -0.05) is 29.8 Å². The summed E-state index contributed by atoms with van der Waals surface area (Å²) in [4.78, 5) is 32.1. The van der Waals surface area contributed by atoms with E-state index in [2.05, 4.69) is 15.0 Å². The highest BCUT2D eigenvalue weighted by molar-refractivity contribution is 6.03. The number of aromatic nitrogens is 1. The topological polar surface area (TPSA) is 90.0 Å². The van der Waals surface area contributed by atoms with E-state index in [1.165, 1.54) is 13.2 Å². The monoisotopic (exact) mass is 551 g/mol. The SMILES string of the molecule is COC(=O)C1CC(c2ccc(OC(F)F)c(OCC3CC3)c2)CN1c1cccc(C(=O)Nc2ccc(C)cc2)n1. The Morgan fingerprint density at radius 3 is 2.55 bits per heavy atom. The summed E-state index contributed by atoms with van der Waals surface area (Å²) in [6.45, 7) is -0.175. The largest absolute Gasteiger partial charge is 0.489 e. The van der Waals surface area contributed by atoms with Crippen molar-refractivity contribution in [1.82, 2.24) is 4.98 Å². The number of amides is 1. The lowest BCUT2D eigenvalue weighted by Crippen LogP contribution is -2.37. The molecule has 1 aromatic heterocycles. The maximum Gasteiger partial charge on any atom is 0.387 e. The molecule has 2 unspecified atom stereocenters. The second-order valence-electron chi connectivity index (χ2n) is 10.2. The van der Waals surface area contributed by atoms with Crippen LogP contribution in [0.3, 0.4) is 0 Å². The Balaban J connectivity index is 1.38. The average Bonchev–Trinajstić information content (AvgIpc) is 3.68. The average molecular weight is 552 g/mol. The summed E-state index contributed by atoms with van der Waals surface area (Å²) in [6, 6.07) is 16.8. The Kier molecular flexibility index (Phi) is 8.14. The fourth-order valence-corrected chi connectivity index (χ4v) is 4.81. The van der Waals surface area contributed by atoms with E-state index in [0.29, 0.717) is 37.0 Å². The van der Waals surface area contributed by atoms with E-state index in [1.54, 1.807) is 30.3 Å². The quantitative estimate of drug-likeness (QED) is 0.330. The molecular formula is C30H31F2N3O5. The summed E-state index contributed by atoms with van der Waals surface area (Å²) in [7, 11) is 1.33. The minimum absolute atomic E-state index is 0.0206. The van der Waals surface area contributed by atoms with Gasteiger partial charge < -0.3 is 24.4 Å². The Hall–Kier alpha value is -4.21. The lowest BCUT2D eigenvalue weighted by Gasteiger charge is -2.24. The van der Waals surface area contributed by atoms with Crippen LogP contribution in [0.5, 0.6) is 11.5 Å². The van der Waals surface area contributed by atoms with Crippen LogP contribution in [-0.4, -0.2) is 49.8 Å². The molecule has 0 spiro atoms. The van der Waals surface area contributed by atoms with E-state index in [9.17, 15) is 18.4 Å². The van der Waals surface area contributed by atoms with Crippen LogP contribution in [-0.2, 0) is 9.53 Å². The van der Waals surface area contributed by atoms with Crippen molar-refractivity contribution >= 4 is 23.4 Å². The number of carbonyl (C=O) groups is 2. The lowest BCUT2D eigenvalue weighted by molar-refractivity contribution is -0.142. The maximum atomic E-state index is 13.0. The zero-order chi connectivity index (χ0) is 28.2. The highest BCUT2D eigenvalue weighted by Crippen LogP contribution is 2.40. The van der Waals surface area contributed by atoms with Gasteiger partial charge in [0, 0.05) is 18.2 Å². The number of anilines is 2. The zero-order valence-electron chi connectivity index (χ0n) is 22.3. The molecule has 1 N–H and O–H groups in total. The van der Waals surface area contributed by atoms with E-state index in [0.717, 1.165) is 24.0 Å². The Morgan fingerprint density at radius 1 is 1.07 bits per heavy atom. The summed E-state index contributed by atoms with van der Waals surface area (Å²) in [6.07, 6.45) is 2.52. The van der Waals surface area contributed by atoms with Crippen molar-refractivity contribution in [3.05, 3.63) is 77.5 Å². The van der Waals surface area contributed by atoms with Gasteiger partial charge in [-0.05, 0) is 74.1 Å². The molecule has 1 aliphatic heterocycles. The third-order valence-electron chi connectivity index (χ3n) is 7.17. The molecule has 0 bridgehead atoms. The van der Waals surface area contributed by atoms with E-state index in [1.807, 2.05) is 36.1 Å². The highest BCUT2D eigenvalue weighted by atomic mass is 19.3. The first kappa shape index (κ1) is 27.4. The van der Waals surface area contributed by atoms with Crippen molar-refractivity contribution in [3.8, 4) is 11.5 Å². The van der Waals surface area contributed by atoms with Gasteiger partial charge in [-0.25, -0.2) is 9.78 Å². The molecule has 5 rings (SSSR count). The molecule has 3 aromatic rings. The number of ether oxygens (including phenoxy) is 3. The van der Waals surface area contributed by atoms with Crippen molar-refractivity contribution in [2.24, 2.45) is 5.92 Å². The van der Waals surface area contributed by atoms with Gasteiger partial charge in [0.05, 0.1) is 13.7 Å². The number of nitrogens with one attached hydrogen (secondary N) is 1. The van der Waals surface area contributed by atoms with Gasteiger partial charge in [-0.3, -0.25) is 4.79 Å². The molecule has 2 heterocycles. The van der Waals surface area contributed by atoms with Gasteiger partial charge in [0.2, 0.25) is 0 Å². The molecule has 1 amide bonds. The third kappa shape index (κ3) is 6.50. The Morgan fingerprint density at radius 2 is 1.85 bits per heavy atom. The van der Waals surface area contributed by atoms with Gasteiger partial charge in [-0.2, -0.15) is 8.78 Å². The van der Waals surface area contributed by atoms with Gasteiger partial charge >= 0.3 is 12.6 Å². The minimum atomic E-state index is -2.97. The fourth-order valence-electron chi connectivity index (χ4n) is 4.81. The zero-order valence-corrected chi connectivity index (χ0v) is 22.3. The predicted molar refractivity (Wildman–Crippen MR) is 145 cm³/mol. The number of esters is 1. The number of halogens is 2. The van der Waals surface area contributed by atoms with E-state index < -0.39 is 18.6 Å². The third-order valence-corrected chi connectivity index (χ3v) is 7.17. The van der Waals surface area contributed by atoms with E-state index >= 15 is 0 Å². The van der Waals surface area contributed by atoms with Crippen LogP contribution in [0.4, 0.5) is 20.3 Å². The molecule has 1 saturated carbocycles. The second kappa shape index (κ2) is 11.9. The van der Waals surface area contributed by atoms with Crippen molar-refractivity contribution in [2.75, 3.05) is 30.5 Å². The summed E-state index contributed by atoms with van der Waals surface area (Å²) >= 11 is 0. The molecule has 1 saturated heterocycles. The highest BCUT2D eigenvalue weighted by Gasteiger charge is 2.39. The van der Waals surface area contributed by atoms with Crippen molar-refractivity contribution in [2.45, 2.75) is 44.8 Å². The van der Waals surface area contributed by atoms with Crippen LogP contribution in [0.25, 0.3) is 0 Å². The van der Waals surface area contributed by atoms with Gasteiger partial charge in [0.15, 0.2) is 11.5 Å². The number of benzene rings is 2. The van der Waals surface area contributed by atoms with Gasteiger partial charge in [0.25, 0.3) is 5.91 Å². The molecule has 0 radical (unpaired) electrons. The van der Waals surface area contributed by atoms with Gasteiger partial charge in [-0.15, -0.1) is 0 Å². The minimum Gasteiger partial charge on any atom is -0.489 e. The number of pyridine rings is 1. The van der Waals surface area contributed by atoms with Crippen LogP contribution in [0.1, 0.15) is 46.8 Å². The predicted octanol–water partition coefficient (Wildman–Crippen LogP) is 5.57. The van der Waals surface area contributed by atoms with Gasteiger partial charge in [0.1, 0.15) is 17.6 Å². The van der Waals surface area contributed by atoms with Crippen molar-refractivity contribution < 1.29 is 32.6 Å². The normalized spacial score (nSPS) is 18.5. The first-order valence-electron chi connectivity index (χ1n) is 13.2. The van der Waals surface area contributed by atoms with E-state index in [4.69, 9.17) is 9.47 Å². The molecule has 2 aromatic carbocycles. The number of hydrogen-bond donors (Lipinski definition) is 1. The first-order chi connectivity index (χ1) is 19.3. The number of methoxy groups -OCH3 is 1. The fraction of sp³-hybridized carbons (Fsp3) is 0.367. The van der Waals surface area contributed by atoms with Crippen LogP contribution in [0, 0.1) is 12.8 Å². The van der Waals surface area contributed by atoms with Crippen LogP contribution < -0.4 is 19.7 Å². The standard InChI is InChI=1S/C30H31F2N3O5/c1-18-6-11-22(12-7-18)33-28(36)23-4-3-5-27(34-23)35-16-21(14-24(35)29(37)38-2)20-10-13-25(40-30(31)32)26(15-20)39-17-19-8-9-19/h3-7,10-13,15,19,21,24,30H,8-9,14,16-17H2,1-2H3,(H,33,36). The van der Waals surface area contributed by atoms with E-state index in [-0.39, 0.29) is 29.0 Å². The first-order valence-corrected chi connectivity index (χ1v) is 13.2. The Labute approximate surface area is 231 Å². The smallest absolute Gasteiger partial charge is 0.387 e. The molecule has 1 aliphatic carbocycles. The molecule has 2 fully saturated rings. The number of hydrogen-bond acceptors (Lipinski definition) is 7. The maximum absolute atomic E-state index is 13.0. The summed E-state index contributed by atoms with van der Waals surface area (Å²) < 4.78 is 41.6. The van der Waals surface area contributed by atoms with Crippen LogP contribution in [0.15, 0.2) is 60.7 Å². The summed E-state index contributed by atoms with van der Waals surface area (Å²) in [5, 5.41) is 2.84. The Bertz CT molecular complexity index is 1360. The molecule has 10 heteroatoms. The van der Waals surface area contributed by atoms with Crippen LogP contribution in [0.2, 0.25) is 0 Å². The second-order valence-corrected chi connectivity index (χ2v) is 10.2. The lowest BCUT2D eigenvalue weighted by atomic mass is 9.96. The molecule has 210 valence electrons. The molecule has 2 aliphatic rings. The summed E-state index contributed by atoms with van der Waals surface area (Å²) in [5.41, 5.74) is 2.75. The number of alkyl halides is 2. The number of aryl methyl sites for hydroxylation is 1. The van der Waals surface area contributed by atoms with Crippen molar-refractivity contribution in [1.29, 1.82) is 0 Å². The number of carbonyl (C=O) groups excluding carboxylic acids is 2. The molecule has 40 heavy (non-hydrogen) atoms. The van der Waals surface area contributed by atoms with Crippen LogP contribution >= 0.6 is 0 Å². The molecule has 8 nitrogen and oxygen atoms in total. The number of nitrogens with zero attached hydrogens (tertiary/aromatic N) is 2. The number of rotatable bonds is 10.